The molecule has 2 N–H and O–H groups in total. The highest BCUT2D eigenvalue weighted by atomic mass is 32.1. The van der Waals surface area contributed by atoms with Gasteiger partial charge in [0.25, 0.3) is 5.91 Å². The molecule has 2 heterocycles. The molecule has 0 spiro atoms. The highest BCUT2D eigenvalue weighted by molar-refractivity contribution is 7.18. The van der Waals surface area contributed by atoms with E-state index in [1.54, 1.807) is 0 Å². The lowest BCUT2D eigenvalue weighted by Crippen LogP contribution is -2.40. The number of hydrogen-bond acceptors (Lipinski definition) is 4. The molecule has 0 radical (unpaired) electrons. The van der Waals surface area contributed by atoms with Gasteiger partial charge >= 0.3 is 0 Å². The minimum atomic E-state index is -0.306. The van der Waals surface area contributed by atoms with Crippen molar-refractivity contribution in [3.8, 4) is 0 Å². The fraction of sp³-hybridized carbons (Fsp3) is 0.647. The Hall–Kier alpha value is -1.40. The number of carbonyl (C=O) groups excluding carboxylic acids is 2. The first-order valence-corrected chi connectivity index (χ1v) is 9.16. The van der Waals surface area contributed by atoms with Gasteiger partial charge in [-0.2, -0.15) is 0 Å². The number of carbonyl (C=O) groups is 2. The molecule has 1 saturated heterocycles. The van der Waals surface area contributed by atoms with Crippen molar-refractivity contribution in [2.45, 2.75) is 45.6 Å². The van der Waals surface area contributed by atoms with E-state index in [0.29, 0.717) is 18.0 Å². The highest BCUT2D eigenvalue weighted by Crippen LogP contribution is 2.33. The fourth-order valence-corrected chi connectivity index (χ4v) is 4.10. The lowest BCUT2D eigenvalue weighted by Gasteiger charge is -2.33. The second kappa shape index (κ2) is 6.61. The van der Waals surface area contributed by atoms with Crippen LogP contribution in [0.2, 0.25) is 0 Å². The Morgan fingerprint density at radius 3 is 2.52 bits per heavy atom. The van der Waals surface area contributed by atoms with Gasteiger partial charge in [0.1, 0.15) is 0 Å². The molecule has 3 rings (SSSR count). The van der Waals surface area contributed by atoms with E-state index in [4.69, 9.17) is 0 Å². The monoisotopic (exact) mass is 336 g/mol. The number of aliphatic hydroxyl groups is 1. The summed E-state index contributed by atoms with van der Waals surface area (Å²) in [6, 6.07) is 1.89. The van der Waals surface area contributed by atoms with E-state index in [2.05, 4.69) is 5.32 Å². The number of amides is 2. The second-order valence-corrected chi connectivity index (χ2v) is 7.81. The Morgan fingerprint density at radius 2 is 1.96 bits per heavy atom. The summed E-state index contributed by atoms with van der Waals surface area (Å²) in [5.74, 6) is 0.569. The zero-order valence-electron chi connectivity index (χ0n) is 13.7. The lowest BCUT2D eigenvalue weighted by molar-refractivity contribution is -0.117. The quantitative estimate of drug-likeness (QED) is 0.888. The molecule has 2 fully saturated rings. The van der Waals surface area contributed by atoms with Crippen LogP contribution in [-0.4, -0.2) is 41.0 Å². The van der Waals surface area contributed by atoms with Crippen molar-refractivity contribution >= 4 is 28.2 Å². The predicted molar refractivity (Wildman–Crippen MR) is 90.7 cm³/mol. The van der Waals surface area contributed by atoms with E-state index >= 15 is 0 Å². The molecule has 23 heavy (non-hydrogen) atoms. The summed E-state index contributed by atoms with van der Waals surface area (Å²) in [6.07, 6.45) is 3.33. The van der Waals surface area contributed by atoms with Gasteiger partial charge in [-0.1, -0.05) is 0 Å². The molecule has 6 heteroatoms. The van der Waals surface area contributed by atoms with E-state index in [1.165, 1.54) is 11.3 Å². The summed E-state index contributed by atoms with van der Waals surface area (Å²) >= 11 is 1.37. The van der Waals surface area contributed by atoms with Gasteiger partial charge in [-0.15, -0.1) is 11.3 Å². The Bertz CT molecular complexity index is 599. The first-order chi connectivity index (χ1) is 11.0. The lowest BCUT2D eigenvalue weighted by atomic mass is 9.92. The minimum Gasteiger partial charge on any atom is -0.393 e. The van der Waals surface area contributed by atoms with Crippen molar-refractivity contribution in [3.63, 3.8) is 0 Å². The van der Waals surface area contributed by atoms with Gasteiger partial charge in [0.05, 0.1) is 16.0 Å². The van der Waals surface area contributed by atoms with Crippen LogP contribution in [0.5, 0.6) is 0 Å². The summed E-state index contributed by atoms with van der Waals surface area (Å²) < 4.78 is 0. The van der Waals surface area contributed by atoms with Crippen molar-refractivity contribution in [2.75, 3.05) is 18.4 Å². The summed E-state index contributed by atoms with van der Waals surface area (Å²) in [5, 5.41) is 13.3. The molecular formula is C17H24N2O3S. The van der Waals surface area contributed by atoms with Gasteiger partial charge in [-0.25, -0.2) is 0 Å². The number of aryl methyl sites for hydroxylation is 1. The number of aliphatic hydroxyl groups excluding tert-OH is 1. The van der Waals surface area contributed by atoms with Crippen molar-refractivity contribution < 1.29 is 14.7 Å². The van der Waals surface area contributed by atoms with Crippen LogP contribution < -0.4 is 5.32 Å². The largest absolute Gasteiger partial charge is 0.393 e. The number of hydrogen-bond donors (Lipinski definition) is 2. The van der Waals surface area contributed by atoms with Crippen LogP contribution in [0.1, 0.15) is 47.8 Å². The Morgan fingerprint density at radius 1 is 1.30 bits per heavy atom. The van der Waals surface area contributed by atoms with E-state index < -0.39 is 0 Å². The topological polar surface area (TPSA) is 69.6 Å². The molecule has 5 nitrogen and oxygen atoms in total. The summed E-state index contributed by atoms with van der Waals surface area (Å²) in [4.78, 5) is 27.1. The number of rotatable bonds is 4. The zero-order valence-corrected chi connectivity index (χ0v) is 14.5. The molecule has 1 aromatic heterocycles. The third kappa shape index (κ3) is 3.75. The average molecular weight is 336 g/mol. The van der Waals surface area contributed by atoms with Crippen LogP contribution in [0.3, 0.4) is 0 Å². The Labute approximate surface area is 140 Å². The molecule has 1 saturated carbocycles. The van der Waals surface area contributed by atoms with Crippen molar-refractivity contribution in [1.29, 1.82) is 0 Å². The fourth-order valence-electron chi connectivity index (χ4n) is 3.05. The first-order valence-electron chi connectivity index (χ1n) is 8.34. The summed E-state index contributed by atoms with van der Waals surface area (Å²) in [6.45, 7) is 5.12. The number of anilines is 1. The minimum absolute atomic E-state index is 0.0449. The molecule has 1 unspecified atom stereocenters. The predicted octanol–water partition coefficient (Wildman–Crippen LogP) is 2.64. The Balaban J connectivity index is 1.63. The average Bonchev–Trinajstić information content (AvgIpc) is 3.31. The third-order valence-corrected chi connectivity index (χ3v) is 5.96. The van der Waals surface area contributed by atoms with Gasteiger partial charge in [-0.3, -0.25) is 9.59 Å². The second-order valence-electron chi connectivity index (χ2n) is 6.76. The maximum atomic E-state index is 12.7. The molecule has 1 aliphatic heterocycles. The van der Waals surface area contributed by atoms with Crippen LogP contribution in [0.4, 0.5) is 5.00 Å². The van der Waals surface area contributed by atoms with Crippen LogP contribution in [0.25, 0.3) is 0 Å². The van der Waals surface area contributed by atoms with E-state index in [9.17, 15) is 14.7 Å². The third-order valence-electron chi connectivity index (χ3n) is 4.82. The molecular weight excluding hydrogens is 312 g/mol. The van der Waals surface area contributed by atoms with Crippen LogP contribution in [0, 0.1) is 18.8 Å². The number of piperidine rings is 1. The van der Waals surface area contributed by atoms with Gasteiger partial charge in [0, 0.05) is 19.0 Å². The smallest absolute Gasteiger partial charge is 0.264 e. The van der Waals surface area contributed by atoms with Gasteiger partial charge in [0.2, 0.25) is 5.91 Å². The number of likely N-dealkylation sites (tertiary alicyclic amines) is 1. The molecule has 2 amide bonds. The van der Waals surface area contributed by atoms with Crippen LogP contribution in [0.15, 0.2) is 6.07 Å². The van der Waals surface area contributed by atoms with Gasteiger partial charge < -0.3 is 15.3 Å². The molecule has 0 bridgehead atoms. The maximum absolute atomic E-state index is 12.7. The van der Waals surface area contributed by atoms with Crippen molar-refractivity contribution in [1.82, 2.24) is 4.90 Å². The maximum Gasteiger partial charge on any atom is 0.264 e. The normalized spacial score (nSPS) is 20.4. The highest BCUT2D eigenvalue weighted by Gasteiger charge is 2.31. The number of nitrogens with zero attached hydrogens (tertiary/aromatic N) is 1. The van der Waals surface area contributed by atoms with E-state index in [1.807, 2.05) is 24.8 Å². The zero-order chi connectivity index (χ0) is 16.6. The standard InChI is InChI=1S/C17H24N2O3S/c1-10-9-14(18-16(21)13-3-4-13)23-15(10)17(22)19-7-5-12(6-8-19)11(2)20/h9,11-13,20H,3-8H2,1-2H3,(H,18,21). The van der Waals surface area contributed by atoms with Crippen molar-refractivity contribution in [3.05, 3.63) is 16.5 Å². The van der Waals surface area contributed by atoms with E-state index in [-0.39, 0.29) is 29.8 Å². The SMILES string of the molecule is Cc1cc(NC(=O)C2CC2)sc1C(=O)N1CCC(C(C)O)CC1. The summed E-state index contributed by atoms with van der Waals surface area (Å²) in [5.41, 5.74) is 0.920. The summed E-state index contributed by atoms with van der Waals surface area (Å²) in [7, 11) is 0. The molecule has 0 aromatic carbocycles. The van der Waals surface area contributed by atoms with Crippen molar-refractivity contribution in [2.24, 2.45) is 11.8 Å². The van der Waals surface area contributed by atoms with Crippen LogP contribution in [-0.2, 0) is 4.79 Å². The van der Waals surface area contributed by atoms with E-state index in [0.717, 1.165) is 36.2 Å². The first kappa shape index (κ1) is 16.5. The molecule has 126 valence electrons. The van der Waals surface area contributed by atoms with Crippen LogP contribution >= 0.6 is 11.3 Å². The number of thiophene rings is 1. The van der Waals surface area contributed by atoms with Gasteiger partial charge in [-0.05, 0) is 57.1 Å². The Kier molecular flexibility index (Phi) is 4.73. The molecule has 1 atom stereocenters. The van der Waals surface area contributed by atoms with Gasteiger partial charge in [0.15, 0.2) is 0 Å². The molecule has 1 aromatic rings. The number of nitrogens with one attached hydrogen (secondary N) is 1. The molecule has 1 aliphatic carbocycles. The molecule has 2 aliphatic rings.